The minimum Gasteiger partial charge on any atom is -0.480 e. The molecule has 7 nitrogen and oxygen atoms in total. The maximum absolute atomic E-state index is 12.2. The van der Waals surface area contributed by atoms with E-state index in [1.165, 1.54) is 4.90 Å². The first-order valence-electron chi connectivity index (χ1n) is 6.89. The Morgan fingerprint density at radius 2 is 1.90 bits per heavy atom. The van der Waals surface area contributed by atoms with Gasteiger partial charge in [-0.2, -0.15) is 0 Å². The molecule has 114 valence electrons. The Morgan fingerprint density at radius 3 is 2.50 bits per heavy atom. The highest BCUT2D eigenvalue weighted by Gasteiger charge is 2.34. The summed E-state index contributed by atoms with van der Waals surface area (Å²) in [4.78, 5) is 24.8. The summed E-state index contributed by atoms with van der Waals surface area (Å²) in [5.74, 6) is -0.967. The van der Waals surface area contributed by atoms with Crippen molar-refractivity contribution in [2.75, 3.05) is 18.1 Å². The molecule has 20 heavy (non-hydrogen) atoms. The average Bonchev–Trinajstić information content (AvgIpc) is 2.59. The van der Waals surface area contributed by atoms with Crippen molar-refractivity contribution in [2.45, 2.75) is 44.2 Å². The predicted molar refractivity (Wildman–Crippen MR) is 72.2 cm³/mol. The second kappa shape index (κ2) is 5.99. The van der Waals surface area contributed by atoms with Gasteiger partial charge in [0.25, 0.3) is 0 Å². The number of hydrogen-bond acceptors (Lipinski definition) is 4. The van der Waals surface area contributed by atoms with Crippen LogP contribution < -0.4 is 5.32 Å². The van der Waals surface area contributed by atoms with Crippen molar-refractivity contribution in [3.05, 3.63) is 0 Å². The minimum atomic E-state index is -3.06. The molecule has 2 rings (SSSR count). The number of amides is 2. The molecule has 0 spiro atoms. The van der Waals surface area contributed by atoms with Gasteiger partial charge in [0.2, 0.25) is 0 Å². The maximum atomic E-state index is 12.2. The summed E-state index contributed by atoms with van der Waals surface area (Å²) in [5.41, 5.74) is 0. The van der Waals surface area contributed by atoms with Crippen LogP contribution in [0.2, 0.25) is 0 Å². The van der Waals surface area contributed by atoms with Crippen molar-refractivity contribution in [3.63, 3.8) is 0 Å². The van der Waals surface area contributed by atoms with Crippen LogP contribution >= 0.6 is 0 Å². The van der Waals surface area contributed by atoms with Gasteiger partial charge in [0.05, 0.1) is 11.5 Å². The van der Waals surface area contributed by atoms with Crippen LogP contribution in [0.15, 0.2) is 0 Å². The molecule has 0 aromatic heterocycles. The second-order valence-corrected chi connectivity index (χ2v) is 7.67. The highest BCUT2D eigenvalue weighted by atomic mass is 32.2. The average molecular weight is 304 g/mol. The van der Waals surface area contributed by atoms with Crippen LogP contribution in [-0.2, 0) is 14.6 Å². The molecule has 0 aliphatic carbocycles. The molecule has 2 amide bonds. The van der Waals surface area contributed by atoms with Gasteiger partial charge in [0, 0.05) is 12.6 Å². The minimum absolute atomic E-state index is 0.0513. The Bertz CT molecular complexity index is 490. The van der Waals surface area contributed by atoms with Crippen molar-refractivity contribution >= 4 is 21.8 Å². The number of carboxylic acid groups (broad SMARTS) is 1. The molecule has 2 heterocycles. The normalized spacial score (nSPS) is 29.7. The number of sulfone groups is 1. The van der Waals surface area contributed by atoms with Gasteiger partial charge in [-0.3, -0.25) is 0 Å². The van der Waals surface area contributed by atoms with Crippen LogP contribution in [0.3, 0.4) is 0 Å². The van der Waals surface area contributed by atoms with Gasteiger partial charge < -0.3 is 15.3 Å². The Balaban J connectivity index is 2.00. The van der Waals surface area contributed by atoms with Crippen LogP contribution in [0.4, 0.5) is 4.79 Å². The Labute approximate surface area is 118 Å². The van der Waals surface area contributed by atoms with E-state index in [2.05, 4.69) is 5.32 Å². The van der Waals surface area contributed by atoms with Gasteiger partial charge in [-0.05, 0) is 19.3 Å². The van der Waals surface area contributed by atoms with E-state index in [1.807, 2.05) is 0 Å². The van der Waals surface area contributed by atoms with Crippen LogP contribution in [0.5, 0.6) is 0 Å². The monoisotopic (exact) mass is 304 g/mol. The molecule has 0 aromatic rings. The van der Waals surface area contributed by atoms with Crippen LogP contribution in [0, 0.1) is 0 Å². The van der Waals surface area contributed by atoms with Crippen molar-refractivity contribution < 1.29 is 23.1 Å². The number of carbonyl (C=O) groups excluding carboxylic acids is 1. The predicted octanol–water partition coefficient (Wildman–Crippen LogP) is 0.212. The molecular weight excluding hydrogens is 284 g/mol. The topological polar surface area (TPSA) is 104 Å². The van der Waals surface area contributed by atoms with Gasteiger partial charge in [-0.1, -0.05) is 12.8 Å². The van der Waals surface area contributed by atoms with Crippen molar-refractivity contribution in [3.8, 4) is 0 Å². The van der Waals surface area contributed by atoms with E-state index in [0.717, 1.165) is 19.3 Å². The van der Waals surface area contributed by atoms with E-state index in [9.17, 15) is 23.1 Å². The first-order chi connectivity index (χ1) is 9.39. The molecule has 0 aromatic carbocycles. The molecule has 2 aliphatic heterocycles. The highest BCUT2D eigenvalue weighted by Crippen LogP contribution is 2.18. The van der Waals surface area contributed by atoms with Crippen molar-refractivity contribution in [1.29, 1.82) is 0 Å². The molecule has 0 saturated carbocycles. The first kappa shape index (κ1) is 15.1. The molecule has 0 bridgehead atoms. The lowest BCUT2D eigenvalue weighted by Crippen LogP contribution is -2.51. The van der Waals surface area contributed by atoms with E-state index >= 15 is 0 Å². The zero-order chi connectivity index (χ0) is 14.8. The Kier molecular flexibility index (Phi) is 4.52. The summed E-state index contributed by atoms with van der Waals surface area (Å²) in [7, 11) is -3.06. The highest BCUT2D eigenvalue weighted by molar-refractivity contribution is 7.91. The van der Waals surface area contributed by atoms with Gasteiger partial charge in [-0.15, -0.1) is 0 Å². The number of carboxylic acids is 1. The summed E-state index contributed by atoms with van der Waals surface area (Å²) in [6.07, 6.45) is 3.33. The molecule has 2 atom stereocenters. The first-order valence-corrected chi connectivity index (χ1v) is 8.71. The van der Waals surface area contributed by atoms with Gasteiger partial charge in [0.15, 0.2) is 9.84 Å². The van der Waals surface area contributed by atoms with E-state index in [-0.39, 0.29) is 11.5 Å². The van der Waals surface area contributed by atoms with Gasteiger partial charge in [-0.25, -0.2) is 18.0 Å². The number of carbonyl (C=O) groups is 2. The molecule has 2 fully saturated rings. The van der Waals surface area contributed by atoms with Gasteiger partial charge in [0.1, 0.15) is 6.04 Å². The lowest BCUT2D eigenvalue weighted by molar-refractivity contribution is -0.142. The second-order valence-electron chi connectivity index (χ2n) is 5.45. The fourth-order valence-electron chi connectivity index (χ4n) is 2.77. The molecular formula is C12H20N2O5S. The lowest BCUT2D eigenvalue weighted by Gasteiger charge is -2.28. The quantitative estimate of drug-likeness (QED) is 0.759. The zero-order valence-electron chi connectivity index (χ0n) is 11.2. The summed E-state index contributed by atoms with van der Waals surface area (Å²) >= 11 is 0. The molecule has 2 saturated heterocycles. The lowest BCUT2D eigenvalue weighted by atomic mass is 10.1. The summed E-state index contributed by atoms with van der Waals surface area (Å²) in [6, 6.07) is -1.66. The fraction of sp³-hybridized carbons (Fsp3) is 0.833. The molecule has 2 aliphatic rings. The summed E-state index contributed by atoms with van der Waals surface area (Å²) < 4.78 is 22.7. The number of urea groups is 1. The smallest absolute Gasteiger partial charge is 0.326 e. The number of rotatable bonds is 2. The van der Waals surface area contributed by atoms with Crippen molar-refractivity contribution in [2.24, 2.45) is 0 Å². The number of hydrogen-bond donors (Lipinski definition) is 2. The van der Waals surface area contributed by atoms with Crippen LogP contribution in [0.1, 0.15) is 32.1 Å². The maximum Gasteiger partial charge on any atom is 0.326 e. The number of likely N-dealkylation sites (tertiary alicyclic amines) is 1. The molecule has 0 radical (unpaired) electrons. The summed E-state index contributed by atoms with van der Waals surface area (Å²) in [6.45, 7) is 0.405. The third kappa shape index (κ3) is 3.62. The number of nitrogens with zero attached hydrogens (tertiary/aromatic N) is 1. The standard InChI is InChI=1S/C12H20N2O5S/c15-11(16)10-4-2-1-3-6-14(10)12(17)13-9-5-7-20(18,19)8-9/h9-10H,1-8H2,(H,13,17)(H,15,16). The van der Waals surface area contributed by atoms with E-state index in [1.54, 1.807) is 0 Å². The Hall–Kier alpha value is -1.31. The number of nitrogens with one attached hydrogen (secondary N) is 1. The van der Waals surface area contributed by atoms with Crippen LogP contribution in [-0.4, -0.2) is 60.6 Å². The third-order valence-corrected chi connectivity index (χ3v) is 5.63. The van der Waals surface area contributed by atoms with E-state index < -0.39 is 33.9 Å². The largest absolute Gasteiger partial charge is 0.480 e. The fourth-order valence-corrected chi connectivity index (χ4v) is 4.45. The molecule has 2 unspecified atom stereocenters. The zero-order valence-corrected chi connectivity index (χ0v) is 12.1. The molecule has 8 heteroatoms. The third-order valence-electron chi connectivity index (χ3n) is 3.86. The Morgan fingerprint density at radius 1 is 1.15 bits per heavy atom. The SMILES string of the molecule is O=C(O)C1CCCCCN1C(=O)NC1CCS(=O)(=O)C1. The number of aliphatic carboxylic acids is 1. The van der Waals surface area contributed by atoms with E-state index in [4.69, 9.17) is 0 Å². The molecule has 2 N–H and O–H groups in total. The summed E-state index contributed by atoms with van der Waals surface area (Å²) in [5, 5.41) is 11.9. The van der Waals surface area contributed by atoms with Gasteiger partial charge >= 0.3 is 12.0 Å². The van der Waals surface area contributed by atoms with E-state index in [0.29, 0.717) is 19.4 Å². The van der Waals surface area contributed by atoms with Crippen LogP contribution in [0.25, 0.3) is 0 Å². The van der Waals surface area contributed by atoms with Crippen molar-refractivity contribution in [1.82, 2.24) is 10.2 Å².